The summed E-state index contributed by atoms with van der Waals surface area (Å²) in [5.41, 5.74) is -0.458. The van der Waals surface area contributed by atoms with Gasteiger partial charge in [0.05, 0.1) is 5.69 Å². The molecule has 1 atom stereocenters. The molecule has 12 heteroatoms. The number of urea groups is 1. The van der Waals surface area contributed by atoms with Crippen molar-refractivity contribution in [3.8, 4) is 5.69 Å². The number of piperazine rings is 1. The van der Waals surface area contributed by atoms with Crippen LogP contribution in [0.2, 0.25) is 0 Å². The van der Waals surface area contributed by atoms with Gasteiger partial charge in [-0.3, -0.25) is 14.7 Å². The van der Waals surface area contributed by atoms with Gasteiger partial charge in [-0.05, 0) is 37.6 Å². The number of carbonyl (C=O) groups excluding carboxylic acids is 3. The molecule has 0 bridgehead atoms. The zero-order valence-electron chi connectivity index (χ0n) is 19.7. The highest BCUT2D eigenvalue weighted by Gasteiger charge is 2.35. The SMILES string of the molecule is CC(C=O)c1ccc(-n2ccc(NC(=O)N3CCN(C(=O)C(C)(C)NC(=O)O)CC3)nc2=O)cc1. The van der Waals surface area contributed by atoms with Crippen molar-refractivity contribution in [2.45, 2.75) is 32.2 Å². The highest BCUT2D eigenvalue weighted by atomic mass is 16.4. The molecule has 0 aliphatic carbocycles. The van der Waals surface area contributed by atoms with Crippen LogP contribution in [0.15, 0.2) is 41.3 Å². The van der Waals surface area contributed by atoms with Gasteiger partial charge in [-0.1, -0.05) is 19.1 Å². The Hall–Kier alpha value is -4.22. The fraction of sp³-hybridized carbons (Fsp3) is 0.391. The molecule has 2 aromatic rings. The summed E-state index contributed by atoms with van der Waals surface area (Å²) in [4.78, 5) is 66.5. The van der Waals surface area contributed by atoms with Crippen molar-refractivity contribution in [2.75, 3.05) is 31.5 Å². The maximum atomic E-state index is 12.6. The third-order valence-electron chi connectivity index (χ3n) is 5.75. The topological polar surface area (TPSA) is 154 Å². The molecule has 12 nitrogen and oxygen atoms in total. The largest absolute Gasteiger partial charge is 0.465 e. The molecule has 3 rings (SSSR count). The van der Waals surface area contributed by atoms with Crippen LogP contribution in [0, 0.1) is 0 Å². The molecule has 3 N–H and O–H groups in total. The molecule has 186 valence electrons. The number of hydrogen-bond donors (Lipinski definition) is 3. The predicted molar refractivity (Wildman–Crippen MR) is 127 cm³/mol. The summed E-state index contributed by atoms with van der Waals surface area (Å²) >= 11 is 0. The normalized spacial score (nSPS) is 14.7. The van der Waals surface area contributed by atoms with Crippen molar-refractivity contribution in [3.63, 3.8) is 0 Å². The first kappa shape index (κ1) is 25.4. The number of anilines is 1. The molecule has 1 saturated heterocycles. The van der Waals surface area contributed by atoms with Crippen LogP contribution in [-0.2, 0) is 9.59 Å². The Bertz CT molecular complexity index is 1170. The number of carboxylic acid groups (broad SMARTS) is 1. The molecular weight excluding hydrogens is 456 g/mol. The van der Waals surface area contributed by atoms with Gasteiger partial charge >= 0.3 is 17.8 Å². The van der Waals surface area contributed by atoms with Crippen molar-refractivity contribution in [3.05, 3.63) is 52.6 Å². The number of benzene rings is 1. The Morgan fingerprint density at radius 2 is 1.66 bits per heavy atom. The van der Waals surface area contributed by atoms with E-state index >= 15 is 0 Å². The second-order valence-electron chi connectivity index (χ2n) is 8.75. The number of nitrogens with zero attached hydrogens (tertiary/aromatic N) is 4. The zero-order valence-corrected chi connectivity index (χ0v) is 19.7. The van der Waals surface area contributed by atoms with Crippen LogP contribution >= 0.6 is 0 Å². The Balaban J connectivity index is 1.60. The third-order valence-corrected chi connectivity index (χ3v) is 5.75. The number of amides is 4. The zero-order chi connectivity index (χ0) is 25.8. The highest BCUT2D eigenvalue weighted by Crippen LogP contribution is 2.16. The van der Waals surface area contributed by atoms with Gasteiger partial charge in [0.15, 0.2) is 0 Å². The van der Waals surface area contributed by atoms with Crippen LogP contribution in [0.3, 0.4) is 0 Å². The van der Waals surface area contributed by atoms with Crippen LogP contribution < -0.4 is 16.3 Å². The van der Waals surface area contributed by atoms with E-state index in [1.807, 2.05) is 0 Å². The lowest BCUT2D eigenvalue weighted by molar-refractivity contribution is -0.138. The number of aromatic nitrogens is 2. The van der Waals surface area contributed by atoms with Gasteiger partial charge in [0, 0.05) is 38.3 Å². The number of aldehydes is 1. The minimum atomic E-state index is -1.29. The molecule has 2 heterocycles. The monoisotopic (exact) mass is 484 g/mol. The van der Waals surface area contributed by atoms with E-state index in [0.29, 0.717) is 5.69 Å². The van der Waals surface area contributed by atoms with E-state index in [1.165, 1.54) is 40.5 Å². The molecule has 1 aromatic heterocycles. The fourth-order valence-electron chi connectivity index (χ4n) is 3.70. The summed E-state index contributed by atoms with van der Waals surface area (Å²) in [6, 6.07) is 7.99. The van der Waals surface area contributed by atoms with Gasteiger partial charge < -0.3 is 25.0 Å². The first-order chi connectivity index (χ1) is 16.5. The number of carbonyl (C=O) groups is 4. The van der Waals surface area contributed by atoms with Crippen LogP contribution in [0.5, 0.6) is 0 Å². The standard InChI is InChI=1S/C23H28N6O6/c1-15(14-30)16-4-6-17(7-5-16)29-9-8-18(25-21(29)33)24-20(32)28-12-10-27(11-13-28)19(31)23(2,3)26-22(34)35/h4-9,14-15,26H,10-13H2,1-3H3,(H,34,35)(H,24,25,32,33). The van der Waals surface area contributed by atoms with Crippen molar-refractivity contribution < 1.29 is 24.3 Å². The molecule has 1 aliphatic rings. The van der Waals surface area contributed by atoms with Gasteiger partial charge in [0.1, 0.15) is 17.6 Å². The summed E-state index contributed by atoms with van der Waals surface area (Å²) in [5, 5.41) is 13.7. The lowest BCUT2D eigenvalue weighted by Crippen LogP contribution is -2.60. The Morgan fingerprint density at radius 1 is 1.06 bits per heavy atom. The van der Waals surface area contributed by atoms with E-state index in [9.17, 15) is 24.0 Å². The molecule has 0 saturated carbocycles. The number of nitrogens with one attached hydrogen (secondary N) is 2. The molecule has 35 heavy (non-hydrogen) atoms. The summed E-state index contributed by atoms with van der Waals surface area (Å²) < 4.78 is 1.32. The Labute approximate surface area is 201 Å². The van der Waals surface area contributed by atoms with Gasteiger partial charge in [0.25, 0.3) is 0 Å². The quantitative estimate of drug-likeness (QED) is 0.522. The maximum absolute atomic E-state index is 12.6. The average Bonchev–Trinajstić information content (AvgIpc) is 2.82. The van der Waals surface area contributed by atoms with E-state index < -0.39 is 23.4 Å². The second-order valence-corrected chi connectivity index (χ2v) is 8.75. The molecule has 4 amide bonds. The smallest absolute Gasteiger partial charge is 0.405 e. The lowest BCUT2D eigenvalue weighted by Gasteiger charge is -2.38. The van der Waals surface area contributed by atoms with E-state index in [2.05, 4.69) is 15.6 Å². The average molecular weight is 485 g/mol. The minimum absolute atomic E-state index is 0.0905. The van der Waals surface area contributed by atoms with Crippen molar-refractivity contribution in [1.29, 1.82) is 0 Å². The second kappa shape index (κ2) is 10.4. The Kier molecular flexibility index (Phi) is 7.52. The number of hydrogen-bond acceptors (Lipinski definition) is 6. The summed E-state index contributed by atoms with van der Waals surface area (Å²) in [7, 11) is 0. The van der Waals surface area contributed by atoms with Gasteiger partial charge in [-0.2, -0.15) is 4.98 Å². The van der Waals surface area contributed by atoms with Crippen LogP contribution in [0.1, 0.15) is 32.3 Å². The Morgan fingerprint density at radius 3 is 2.20 bits per heavy atom. The molecular formula is C23H28N6O6. The van der Waals surface area contributed by atoms with E-state index in [0.717, 1.165) is 11.8 Å². The maximum Gasteiger partial charge on any atom is 0.405 e. The molecule has 0 radical (unpaired) electrons. The first-order valence-corrected chi connectivity index (χ1v) is 11.0. The van der Waals surface area contributed by atoms with Gasteiger partial charge in [0.2, 0.25) is 5.91 Å². The molecule has 1 aromatic carbocycles. The molecule has 1 unspecified atom stereocenters. The summed E-state index contributed by atoms with van der Waals surface area (Å²) in [5.74, 6) is -0.531. The molecule has 1 fully saturated rings. The minimum Gasteiger partial charge on any atom is -0.465 e. The van der Waals surface area contributed by atoms with Crippen LogP contribution in [0.25, 0.3) is 5.69 Å². The molecule has 0 spiro atoms. The van der Waals surface area contributed by atoms with Crippen molar-refractivity contribution in [2.24, 2.45) is 0 Å². The van der Waals surface area contributed by atoms with Crippen LogP contribution in [0.4, 0.5) is 15.4 Å². The van der Waals surface area contributed by atoms with E-state index in [-0.39, 0.29) is 43.8 Å². The van der Waals surface area contributed by atoms with Crippen molar-refractivity contribution >= 4 is 30.1 Å². The predicted octanol–water partition coefficient (Wildman–Crippen LogP) is 1.26. The summed E-state index contributed by atoms with van der Waals surface area (Å²) in [6.45, 7) is 5.71. The fourth-order valence-corrected chi connectivity index (χ4v) is 3.70. The molecule has 1 aliphatic heterocycles. The van der Waals surface area contributed by atoms with Crippen molar-refractivity contribution in [1.82, 2.24) is 24.7 Å². The highest BCUT2D eigenvalue weighted by molar-refractivity contribution is 5.90. The van der Waals surface area contributed by atoms with Gasteiger partial charge in [-0.15, -0.1) is 0 Å². The summed E-state index contributed by atoms with van der Waals surface area (Å²) in [6.07, 6.45) is 1.05. The number of rotatable bonds is 6. The van der Waals surface area contributed by atoms with E-state index in [1.54, 1.807) is 31.2 Å². The van der Waals surface area contributed by atoms with Crippen LogP contribution in [-0.4, -0.2) is 80.5 Å². The van der Waals surface area contributed by atoms with E-state index in [4.69, 9.17) is 5.11 Å². The third kappa shape index (κ3) is 6.02. The van der Waals surface area contributed by atoms with Gasteiger partial charge in [-0.25, -0.2) is 14.4 Å². The lowest BCUT2D eigenvalue weighted by atomic mass is 10.0. The first-order valence-electron chi connectivity index (χ1n) is 11.0.